The summed E-state index contributed by atoms with van der Waals surface area (Å²) in [6.45, 7) is 13.2. The largest absolute Gasteiger partial charge is 0.357 e. The van der Waals surface area contributed by atoms with Crippen molar-refractivity contribution in [3.8, 4) is 0 Å². The third-order valence-corrected chi connectivity index (χ3v) is 6.22. The first-order valence-corrected chi connectivity index (χ1v) is 11.3. The van der Waals surface area contributed by atoms with Gasteiger partial charge in [-0.1, -0.05) is 13.8 Å². The van der Waals surface area contributed by atoms with E-state index in [0.717, 1.165) is 50.4 Å². The zero-order valence-electron chi connectivity index (χ0n) is 16.7. The normalized spacial score (nSPS) is 21.2. The summed E-state index contributed by atoms with van der Waals surface area (Å²) in [5.41, 5.74) is 1.19. The van der Waals surface area contributed by atoms with E-state index in [1.165, 1.54) is 49.6 Å². The van der Waals surface area contributed by atoms with Gasteiger partial charge in [0.25, 0.3) is 0 Å². The van der Waals surface area contributed by atoms with Crippen LogP contribution in [0.2, 0.25) is 0 Å². The molecular weight excluding hydrogens is 342 g/mol. The van der Waals surface area contributed by atoms with Crippen molar-refractivity contribution in [3.63, 3.8) is 0 Å². The quantitative estimate of drug-likeness (QED) is 0.582. The van der Waals surface area contributed by atoms with E-state index in [1.54, 1.807) is 11.3 Å². The van der Waals surface area contributed by atoms with Gasteiger partial charge in [0.1, 0.15) is 0 Å². The number of thiazole rings is 1. The maximum atomic E-state index is 4.89. The van der Waals surface area contributed by atoms with Crippen molar-refractivity contribution in [3.05, 3.63) is 11.1 Å². The van der Waals surface area contributed by atoms with Crippen molar-refractivity contribution in [2.75, 3.05) is 44.2 Å². The van der Waals surface area contributed by atoms with E-state index in [9.17, 15) is 0 Å². The maximum absolute atomic E-state index is 4.89. The van der Waals surface area contributed by atoms with E-state index >= 15 is 0 Å². The van der Waals surface area contributed by atoms with Gasteiger partial charge in [-0.15, -0.1) is 11.3 Å². The summed E-state index contributed by atoms with van der Waals surface area (Å²) >= 11 is 1.79. The van der Waals surface area contributed by atoms with Gasteiger partial charge in [-0.2, -0.15) is 0 Å². The molecule has 1 atom stereocenters. The molecule has 146 valence electrons. The molecule has 2 aliphatic rings. The molecule has 2 fully saturated rings. The van der Waals surface area contributed by atoms with Crippen LogP contribution in [0, 0.1) is 11.8 Å². The summed E-state index contributed by atoms with van der Waals surface area (Å²) < 4.78 is 0. The summed E-state index contributed by atoms with van der Waals surface area (Å²) in [5, 5.41) is 6.90. The first-order valence-electron chi connectivity index (χ1n) is 10.4. The molecule has 1 unspecified atom stereocenters. The van der Waals surface area contributed by atoms with Gasteiger partial charge in [-0.25, -0.2) is 4.98 Å². The maximum Gasteiger partial charge on any atom is 0.193 e. The Morgan fingerprint density at radius 1 is 1.35 bits per heavy atom. The minimum absolute atomic E-state index is 0.786. The van der Waals surface area contributed by atoms with Gasteiger partial charge in [-0.05, 0) is 44.4 Å². The summed E-state index contributed by atoms with van der Waals surface area (Å²) in [6, 6.07) is 0. The van der Waals surface area contributed by atoms with E-state index in [2.05, 4.69) is 41.3 Å². The number of guanidine groups is 1. The molecule has 2 saturated heterocycles. The highest BCUT2D eigenvalue weighted by Crippen LogP contribution is 2.25. The zero-order chi connectivity index (χ0) is 18.4. The number of nitrogens with one attached hydrogen (secondary N) is 1. The van der Waals surface area contributed by atoms with Gasteiger partial charge >= 0.3 is 0 Å². The fourth-order valence-electron chi connectivity index (χ4n) is 4.05. The van der Waals surface area contributed by atoms with Crippen LogP contribution in [0.1, 0.15) is 52.1 Å². The standard InChI is InChI=1S/C20H35N5S/c1-4-21-19(25-12-8-17(14-25)13-16(2)3)22-9-7-18-15-26-20(23-18)24-10-5-6-11-24/h15-17H,4-14H2,1-3H3,(H,21,22). The zero-order valence-corrected chi connectivity index (χ0v) is 17.5. The molecule has 0 spiro atoms. The SMILES string of the molecule is CCNC(=NCCc1csc(N2CCCC2)n1)N1CCC(CC(C)C)C1. The number of aromatic nitrogens is 1. The van der Waals surface area contributed by atoms with Crippen LogP contribution in [0.25, 0.3) is 0 Å². The fourth-order valence-corrected chi connectivity index (χ4v) is 4.96. The first kappa shape index (κ1) is 19.5. The van der Waals surface area contributed by atoms with E-state index in [1.807, 2.05) is 0 Å². The summed E-state index contributed by atoms with van der Waals surface area (Å²) in [5.74, 6) is 2.70. The highest BCUT2D eigenvalue weighted by Gasteiger charge is 2.25. The molecule has 0 aliphatic carbocycles. The van der Waals surface area contributed by atoms with Crippen molar-refractivity contribution in [1.29, 1.82) is 0 Å². The molecule has 1 N–H and O–H groups in total. The average Bonchev–Trinajstić information content (AvgIpc) is 3.35. The lowest BCUT2D eigenvalue weighted by Crippen LogP contribution is -2.40. The van der Waals surface area contributed by atoms with Crippen LogP contribution in [0.4, 0.5) is 5.13 Å². The Morgan fingerprint density at radius 2 is 2.15 bits per heavy atom. The number of aliphatic imine (C=N–C) groups is 1. The number of hydrogen-bond donors (Lipinski definition) is 1. The van der Waals surface area contributed by atoms with E-state index in [0.29, 0.717) is 0 Å². The second-order valence-corrected chi connectivity index (χ2v) is 8.87. The number of likely N-dealkylation sites (tertiary alicyclic amines) is 1. The van der Waals surface area contributed by atoms with Crippen LogP contribution in [0.15, 0.2) is 10.4 Å². The van der Waals surface area contributed by atoms with Crippen molar-refractivity contribution in [2.45, 2.75) is 52.9 Å². The Morgan fingerprint density at radius 3 is 2.88 bits per heavy atom. The highest BCUT2D eigenvalue weighted by molar-refractivity contribution is 7.13. The molecule has 6 heteroatoms. The fraction of sp³-hybridized carbons (Fsp3) is 0.800. The molecule has 0 amide bonds. The van der Waals surface area contributed by atoms with E-state index < -0.39 is 0 Å². The van der Waals surface area contributed by atoms with Gasteiger partial charge in [0.05, 0.1) is 5.69 Å². The Balaban J connectivity index is 1.51. The molecule has 0 radical (unpaired) electrons. The van der Waals surface area contributed by atoms with Crippen LogP contribution in [-0.2, 0) is 6.42 Å². The Labute approximate surface area is 162 Å². The average molecular weight is 378 g/mol. The van der Waals surface area contributed by atoms with Crippen LogP contribution in [0.3, 0.4) is 0 Å². The molecule has 5 nitrogen and oxygen atoms in total. The molecule has 3 rings (SSSR count). The van der Waals surface area contributed by atoms with Crippen LogP contribution < -0.4 is 10.2 Å². The van der Waals surface area contributed by atoms with Gasteiger partial charge in [0, 0.05) is 51.1 Å². The number of nitrogens with zero attached hydrogens (tertiary/aromatic N) is 4. The smallest absolute Gasteiger partial charge is 0.193 e. The highest BCUT2D eigenvalue weighted by atomic mass is 32.1. The lowest BCUT2D eigenvalue weighted by Gasteiger charge is -2.22. The molecule has 3 heterocycles. The van der Waals surface area contributed by atoms with Crippen LogP contribution in [0.5, 0.6) is 0 Å². The van der Waals surface area contributed by atoms with Crippen molar-refractivity contribution in [1.82, 2.24) is 15.2 Å². The monoisotopic (exact) mass is 377 g/mol. The lowest BCUT2D eigenvalue weighted by atomic mass is 9.97. The third kappa shape index (κ3) is 5.35. The molecule has 0 bridgehead atoms. The first-order chi connectivity index (χ1) is 12.7. The van der Waals surface area contributed by atoms with Gasteiger partial charge in [0.15, 0.2) is 11.1 Å². The van der Waals surface area contributed by atoms with Crippen LogP contribution in [-0.4, -0.2) is 55.1 Å². The van der Waals surface area contributed by atoms with Crippen molar-refractivity contribution < 1.29 is 0 Å². The molecular formula is C20H35N5S. The molecule has 1 aromatic heterocycles. The second kappa shape index (κ2) is 9.58. The van der Waals surface area contributed by atoms with Gasteiger partial charge in [-0.3, -0.25) is 4.99 Å². The lowest BCUT2D eigenvalue weighted by molar-refractivity contribution is 0.403. The van der Waals surface area contributed by atoms with Gasteiger partial charge in [0.2, 0.25) is 0 Å². The Kier molecular flexibility index (Phi) is 7.17. The number of rotatable bonds is 7. The Bertz CT molecular complexity index is 577. The van der Waals surface area contributed by atoms with Gasteiger partial charge < -0.3 is 15.1 Å². The number of hydrogen-bond acceptors (Lipinski definition) is 4. The van der Waals surface area contributed by atoms with E-state index in [-0.39, 0.29) is 0 Å². The van der Waals surface area contributed by atoms with Crippen molar-refractivity contribution in [2.24, 2.45) is 16.8 Å². The van der Waals surface area contributed by atoms with E-state index in [4.69, 9.17) is 9.98 Å². The topological polar surface area (TPSA) is 43.8 Å². The molecule has 26 heavy (non-hydrogen) atoms. The summed E-state index contributed by atoms with van der Waals surface area (Å²) in [6.07, 6.45) is 6.17. The minimum atomic E-state index is 0.786. The molecule has 0 aromatic carbocycles. The number of anilines is 1. The third-order valence-electron chi connectivity index (χ3n) is 5.27. The van der Waals surface area contributed by atoms with Crippen molar-refractivity contribution >= 4 is 22.4 Å². The Hall–Kier alpha value is -1.30. The predicted molar refractivity (Wildman–Crippen MR) is 112 cm³/mol. The second-order valence-electron chi connectivity index (χ2n) is 8.03. The minimum Gasteiger partial charge on any atom is -0.357 e. The molecule has 0 saturated carbocycles. The summed E-state index contributed by atoms with van der Waals surface area (Å²) in [7, 11) is 0. The molecule has 2 aliphatic heterocycles. The predicted octanol–water partition coefficient (Wildman–Crippen LogP) is 3.62. The molecule has 1 aromatic rings. The summed E-state index contributed by atoms with van der Waals surface area (Å²) in [4.78, 5) is 14.6. The van der Waals surface area contributed by atoms with Crippen LogP contribution >= 0.6 is 11.3 Å².